The third kappa shape index (κ3) is 3.75. The first-order valence-corrected chi connectivity index (χ1v) is 8.54. The van der Waals surface area contributed by atoms with Gasteiger partial charge in [0.1, 0.15) is 5.82 Å². The highest BCUT2D eigenvalue weighted by atomic mass is 127. The Bertz CT molecular complexity index is 748. The van der Waals surface area contributed by atoms with Gasteiger partial charge in [0.05, 0.1) is 10.6 Å². The van der Waals surface area contributed by atoms with Crippen molar-refractivity contribution in [2.45, 2.75) is 4.90 Å². The fourth-order valence-corrected chi connectivity index (χ4v) is 4.06. The first-order chi connectivity index (χ1) is 9.28. The molecule has 8 heteroatoms. The Morgan fingerprint density at radius 2 is 1.65 bits per heavy atom. The lowest BCUT2D eigenvalue weighted by Gasteiger charge is -2.10. The molecule has 3 nitrogen and oxygen atoms in total. The Labute approximate surface area is 139 Å². The van der Waals surface area contributed by atoms with Crippen molar-refractivity contribution in [2.24, 2.45) is 0 Å². The third-order valence-electron chi connectivity index (χ3n) is 2.32. The number of halogens is 4. The molecule has 106 valence electrons. The molecular formula is C12H7Cl2FINO2S. The fraction of sp³-hybridized carbons (Fsp3) is 0. The average molecular weight is 446 g/mol. The zero-order valence-electron chi connectivity index (χ0n) is 9.70. The third-order valence-corrected chi connectivity index (χ3v) is 5.00. The second-order valence-corrected chi connectivity index (χ2v) is 7.55. The molecule has 2 aromatic carbocycles. The Hall–Kier alpha value is -0.570. The van der Waals surface area contributed by atoms with E-state index in [-0.39, 0.29) is 20.6 Å². The van der Waals surface area contributed by atoms with E-state index in [4.69, 9.17) is 23.2 Å². The summed E-state index contributed by atoms with van der Waals surface area (Å²) in [5, 5.41) is 0.429. The van der Waals surface area contributed by atoms with E-state index in [2.05, 4.69) is 4.72 Å². The van der Waals surface area contributed by atoms with E-state index < -0.39 is 15.8 Å². The summed E-state index contributed by atoms with van der Waals surface area (Å²) in [5.74, 6) is -0.442. The van der Waals surface area contributed by atoms with Crippen molar-refractivity contribution in [3.05, 3.63) is 55.8 Å². The van der Waals surface area contributed by atoms with Crippen molar-refractivity contribution >= 4 is 61.5 Å². The van der Waals surface area contributed by atoms with Crippen LogP contribution in [-0.2, 0) is 10.0 Å². The van der Waals surface area contributed by atoms with Gasteiger partial charge in [0.25, 0.3) is 10.0 Å². The van der Waals surface area contributed by atoms with Crippen molar-refractivity contribution in [1.82, 2.24) is 0 Å². The molecule has 0 fully saturated rings. The van der Waals surface area contributed by atoms with Crippen LogP contribution in [0.1, 0.15) is 0 Å². The Morgan fingerprint density at radius 3 is 2.20 bits per heavy atom. The van der Waals surface area contributed by atoms with Gasteiger partial charge in [-0.1, -0.05) is 23.2 Å². The van der Waals surface area contributed by atoms with E-state index in [0.29, 0.717) is 3.57 Å². The highest BCUT2D eigenvalue weighted by molar-refractivity contribution is 14.1. The quantitative estimate of drug-likeness (QED) is 0.705. The predicted molar refractivity (Wildman–Crippen MR) is 86.4 cm³/mol. The molecule has 2 rings (SSSR count). The Kier molecular flexibility index (Phi) is 4.78. The van der Waals surface area contributed by atoms with Crippen LogP contribution in [-0.4, -0.2) is 8.42 Å². The minimum absolute atomic E-state index is 0.0601. The van der Waals surface area contributed by atoms with Crippen LogP contribution >= 0.6 is 45.8 Å². The van der Waals surface area contributed by atoms with E-state index in [0.717, 1.165) is 0 Å². The summed E-state index contributed by atoms with van der Waals surface area (Å²) in [7, 11) is -3.84. The van der Waals surface area contributed by atoms with Gasteiger partial charge < -0.3 is 0 Å². The molecule has 0 spiro atoms. The minimum Gasteiger partial charge on any atom is -0.279 e. The van der Waals surface area contributed by atoms with E-state index in [1.165, 1.54) is 36.4 Å². The Morgan fingerprint density at radius 1 is 1.05 bits per heavy atom. The summed E-state index contributed by atoms with van der Waals surface area (Å²) < 4.78 is 40.2. The van der Waals surface area contributed by atoms with Gasteiger partial charge in [0.15, 0.2) is 0 Å². The largest absolute Gasteiger partial charge is 0.279 e. The molecule has 1 N–H and O–H groups in total. The summed E-state index contributed by atoms with van der Waals surface area (Å²) in [6.45, 7) is 0. The normalized spacial score (nSPS) is 11.4. The van der Waals surface area contributed by atoms with E-state index in [9.17, 15) is 12.8 Å². The molecule has 0 atom stereocenters. The van der Waals surface area contributed by atoms with Crippen LogP contribution in [0, 0.1) is 9.39 Å². The molecule has 20 heavy (non-hydrogen) atoms. The molecule has 0 bridgehead atoms. The lowest BCUT2D eigenvalue weighted by molar-refractivity contribution is 0.601. The molecule has 0 aliphatic rings. The lowest BCUT2D eigenvalue weighted by atomic mass is 10.3. The van der Waals surface area contributed by atoms with Crippen molar-refractivity contribution < 1.29 is 12.8 Å². The van der Waals surface area contributed by atoms with Gasteiger partial charge in [-0.3, -0.25) is 4.72 Å². The van der Waals surface area contributed by atoms with Gasteiger partial charge in [0.2, 0.25) is 0 Å². The first kappa shape index (κ1) is 15.8. The van der Waals surface area contributed by atoms with Gasteiger partial charge in [-0.25, -0.2) is 12.8 Å². The van der Waals surface area contributed by atoms with Crippen molar-refractivity contribution in [1.29, 1.82) is 0 Å². The van der Waals surface area contributed by atoms with Crippen LogP contribution in [0.5, 0.6) is 0 Å². The number of rotatable bonds is 3. The molecule has 0 aromatic heterocycles. The number of anilines is 1. The number of hydrogen-bond donors (Lipinski definition) is 1. The Balaban J connectivity index is 2.40. The maximum Gasteiger partial charge on any atom is 0.262 e. The lowest BCUT2D eigenvalue weighted by Crippen LogP contribution is -2.14. The van der Waals surface area contributed by atoms with Gasteiger partial charge in [-0.05, 0) is 59.0 Å². The SMILES string of the molecule is O=S(=O)(Nc1ccc(F)cc1I)c1cc(Cl)cc(Cl)c1. The first-order valence-electron chi connectivity index (χ1n) is 5.22. The van der Waals surface area contributed by atoms with Crippen LogP contribution in [0.25, 0.3) is 0 Å². The van der Waals surface area contributed by atoms with Crippen LogP contribution in [0.15, 0.2) is 41.3 Å². The number of nitrogens with one attached hydrogen (secondary N) is 1. The van der Waals surface area contributed by atoms with Crippen LogP contribution in [0.3, 0.4) is 0 Å². The monoisotopic (exact) mass is 445 g/mol. The molecule has 0 aliphatic carbocycles. The zero-order chi connectivity index (χ0) is 14.9. The molecule has 0 heterocycles. The topological polar surface area (TPSA) is 46.2 Å². The van der Waals surface area contributed by atoms with E-state index >= 15 is 0 Å². The van der Waals surface area contributed by atoms with Gasteiger partial charge in [-0.2, -0.15) is 0 Å². The predicted octanol–water partition coefficient (Wildman–Crippen LogP) is 4.54. The molecule has 0 saturated carbocycles. The molecule has 2 aromatic rings. The number of hydrogen-bond acceptors (Lipinski definition) is 2. The second kappa shape index (κ2) is 6.05. The molecule has 0 radical (unpaired) electrons. The second-order valence-electron chi connectivity index (χ2n) is 3.83. The zero-order valence-corrected chi connectivity index (χ0v) is 14.2. The standard InChI is InChI=1S/C12H7Cl2FINO2S/c13-7-3-8(14)5-10(4-7)20(18,19)17-12-2-1-9(15)6-11(12)16/h1-6,17H. The van der Waals surface area contributed by atoms with Crippen molar-refractivity contribution in [2.75, 3.05) is 4.72 Å². The highest BCUT2D eigenvalue weighted by Crippen LogP contribution is 2.26. The maximum absolute atomic E-state index is 13.0. The number of benzene rings is 2. The molecular weight excluding hydrogens is 439 g/mol. The van der Waals surface area contributed by atoms with Crippen LogP contribution in [0.4, 0.5) is 10.1 Å². The maximum atomic E-state index is 13.0. The molecule has 0 amide bonds. The molecule has 0 saturated heterocycles. The highest BCUT2D eigenvalue weighted by Gasteiger charge is 2.17. The smallest absolute Gasteiger partial charge is 0.262 e. The molecule has 0 unspecified atom stereocenters. The van der Waals surface area contributed by atoms with Gasteiger partial charge in [-0.15, -0.1) is 0 Å². The van der Waals surface area contributed by atoms with Crippen LogP contribution < -0.4 is 4.72 Å². The average Bonchev–Trinajstić information content (AvgIpc) is 2.31. The van der Waals surface area contributed by atoms with E-state index in [1.807, 2.05) is 22.6 Å². The van der Waals surface area contributed by atoms with E-state index in [1.54, 1.807) is 0 Å². The van der Waals surface area contributed by atoms with Crippen molar-refractivity contribution in [3.63, 3.8) is 0 Å². The number of sulfonamides is 1. The molecule has 0 aliphatic heterocycles. The summed E-state index contributed by atoms with van der Waals surface area (Å²) in [6.07, 6.45) is 0. The van der Waals surface area contributed by atoms with Crippen molar-refractivity contribution in [3.8, 4) is 0 Å². The summed E-state index contributed by atoms with van der Waals surface area (Å²) in [4.78, 5) is -0.0601. The fourth-order valence-electron chi connectivity index (χ4n) is 1.46. The van der Waals surface area contributed by atoms with Gasteiger partial charge >= 0.3 is 0 Å². The van der Waals surface area contributed by atoms with Gasteiger partial charge in [0, 0.05) is 13.6 Å². The summed E-state index contributed by atoms with van der Waals surface area (Å²) >= 11 is 13.4. The van der Waals surface area contributed by atoms with Crippen LogP contribution in [0.2, 0.25) is 10.0 Å². The summed E-state index contributed by atoms with van der Waals surface area (Å²) in [5.41, 5.74) is 0.281. The summed E-state index contributed by atoms with van der Waals surface area (Å²) in [6, 6.07) is 7.75. The minimum atomic E-state index is -3.84.